The number of anilines is 1. The molecule has 0 fully saturated rings. The number of amides is 1. The van der Waals surface area contributed by atoms with Gasteiger partial charge >= 0.3 is 5.97 Å². The molecule has 2 aromatic rings. The van der Waals surface area contributed by atoms with Gasteiger partial charge in [-0.15, -0.1) is 6.58 Å². The first-order chi connectivity index (χ1) is 14.0. The van der Waals surface area contributed by atoms with Gasteiger partial charge < -0.3 is 19.5 Å². The van der Waals surface area contributed by atoms with Crippen molar-refractivity contribution < 1.29 is 23.8 Å². The maximum Gasteiger partial charge on any atom is 0.330 e. The van der Waals surface area contributed by atoms with Crippen LogP contribution in [0.15, 0.2) is 61.2 Å². The van der Waals surface area contributed by atoms with Gasteiger partial charge in [-0.05, 0) is 54.8 Å². The highest BCUT2D eigenvalue weighted by molar-refractivity contribution is 5.92. The molecule has 0 bridgehead atoms. The third-order valence-electron chi connectivity index (χ3n) is 3.86. The molecular weight excluding hydrogens is 370 g/mol. The van der Waals surface area contributed by atoms with Gasteiger partial charge in [0, 0.05) is 11.8 Å². The van der Waals surface area contributed by atoms with Crippen LogP contribution in [0.4, 0.5) is 5.69 Å². The maximum absolute atomic E-state index is 12.2. The van der Waals surface area contributed by atoms with Crippen molar-refractivity contribution >= 4 is 23.6 Å². The van der Waals surface area contributed by atoms with Crippen LogP contribution in [0.5, 0.6) is 11.5 Å². The van der Waals surface area contributed by atoms with E-state index in [1.54, 1.807) is 56.5 Å². The lowest BCUT2D eigenvalue weighted by molar-refractivity contribution is -0.137. The molecule has 0 unspecified atom stereocenters. The molecule has 0 radical (unpaired) electrons. The summed E-state index contributed by atoms with van der Waals surface area (Å²) in [6.07, 6.45) is 5.54. The summed E-state index contributed by atoms with van der Waals surface area (Å²) in [5, 5.41) is 2.76. The molecule has 29 heavy (non-hydrogen) atoms. The molecule has 0 saturated carbocycles. The Morgan fingerprint density at radius 2 is 1.86 bits per heavy atom. The second kappa shape index (κ2) is 11.3. The molecule has 2 rings (SSSR count). The molecule has 0 aliphatic heterocycles. The van der Waals surface area contributed by atoms with Gasteiger partial charge in [-0.2, -0.15) is 0 Å². The Kier molecular flexibility index (Phi) is 8.51. The zero-order valence-electron chi connectivity index (χ0n) is 16.6. The molecule has 6 heteroatoms. The zero-order chi connectivity index (χ0) is 21.1. The molecule has 0 aliphatic rings. The van der Waals surface area contributed by atoms with Crippen LogP contribution in [0, 0.1) is 0 Å². The summed E-state index contributed by atoms with van der Waals surface area (Å²) >= 11 is 0. The monoisotopic (exact) mass is 395 g/mol. The number of hydrogen-bond donors (Lipinski definition) is 1. The van der Waals surface area contributed by atoms with E-state index in [1.807, 2.05) is 12.1 Å². The fourth-order valence-corrected chi connectivity index (χ4v) is 2.50. The lowest BCUT2D eigenvalue weighted by atomic mass is 10.1. The quantitative estimate of drug-likeness (QED) is 0.374. The van der Waals surface area contributed by atoms with Gasteiger partial charge in [-0.25, -0.2) is 4.79 Å². The van der Waals surface area contributed by atoms with Gasteiger partial charge in [0.2, 0.25) is 0 Å². The van der Waals surface area contributed by atoms with Crippen LogP contribution in [0.2, 0.25) is 0 Å². The topological polar surface area (TPSA) is 73.9 Å². The maximum atomic E-state index is 12.2. The van der Waals surface area contributed by atoms with E-state index in [0.29, 0.717) is 23.8 Å². The van der Waals surface area contributed by atoms with Crippen LogP contribution >= 0.6 is 0 Å². The summed E-state index contributed by atoms with van der Waals surface area (Å²) in [6, 6.07) is 12.6. The van der Waals surface area contributed by atoms with Gasteiger partial charge in [0.15, 0.2) is 18.1 Å². The summed E-state index contributed by atoms with van der Waals surface area (Å²) in [4.78, 5) is 23.5. The number of nitrogens with one attached hydrogen (secondary N) is 1. The summed E-state index contributed by atoms with van der Waals surface area (Å²) in [7, 11) is 1.55. The molecule has 1 N–H and O–H groups in total. The molecule has 0 atom stereocenters. The molecule has 1 amide bonds. The number of rotatable bonds is 10. The first-order valence-corrected chi connectivity index (χ1v) is 9.21. The number of ether oxygens (including phenoxy) is 3. The number of carbonyl (C=O) groups excluding carboxylic acids is 2. The molecule has 0 aromatic heterocycles. The van der Waals surface area contributed by atoms with E-state index in [2.05, 4.69) is 11.9 Å². The number of esters is 1. The highest BCUT2D eigenvalue weighted by Crippen LogP contribution is 2.28. The number of allylic oxidation sites excluding steroid dienone is 1. The minimum Gasteiger partial charge on any atom is -0.493 e. The van der Waals surface area contributed by atoms with E-state index < -0.39 is 5.97 Å². The predicted octanol–water partition coefficient (Wildman–Crippen LogP) is 4.02. The van der Waals surface area contributed by atoms with Crippen molar-refractivity contribution in [3.8, 4) is 11.5 Å². The molecule has 0 spiro atoms. The summed E-state index contributed by atoms with van der Waals surface area (Å²) in [6.45, 7) is 5.65. The Morgan fingerprint density at radius 1 is 1.10 bits per heavy atom. The predicted molar refractivity (Wildman–Crippen MR) is 113 cm³/mol. The smallest absolute Gasteiger partial charge is 0.330 e. The van der Waals surface area contributed by atoms with E-state index in [4.69, 9.17) is 14.2 Å². The van der Waals surface area contributed by atoms with Crippen LogP contribution in [-0.2, 0) is 20.7 Å². The van der Waals surface area contributed by atoms with Crippen LogP contribution in [-0.4, -0.2) is 32.2 Å². The highest BCUT2D eigenvalue weighted by atomic mass is 16.5. The van der Waals surface area contributed by atoms with E-state index in [0.717, 1.165) is 17.5 Å². The Bertz CT molecular complexity index is 871. The van der Waals surface area contributed by atoms with Crippen molar-refractivity contribution in [3.05, 3.63) is 72.3 Å². The average molecular weight is 395 g/mol. The largest absolute Gasteiger partial charge is 0.493 e. The molecule has 2 aromatic carbocycles. The first-order valence-electron chi connectivity index (χ1n) is 9.21. The Hall–Kier alpha value is -3.54. The molecular formula is C23H25NO5. The van der Waals surface area contributed by atoms with Crippen LogP contribution in [0.3, 0.4) is 0 Å². The highest BCUT2D eigenvalue weighted by Gasteiger charge is 2.09. The molecule has 152 valence electrons. The molecule has 0 aliphatic carbocycles. The van der Waals surface area contributed by atoms with E-state index in [1.165, 1.54) is 6.08 Å². The van der Waals surface area contributed by atoms with E-state index in [9.17, 15) is 9.59 Å². The average Bonchev–Trinajstić information content (AvgIpc) is 2.72. The van der Waals surface area contributed by atoms with Crippen molar-refractivity contribution in [1.29, 1.82) is 0 Å². The fraction of sp³-hybridized carbons (Fsp3) is 0.217. The van der Waals surface area contributed by atoms with Gasteiger partial charge in [-0.1, -0.05) is 24.3 Å². The second-order valence-electron chi connectivity index (χ2n) is 6.02. The summed E-state index contributed by atoms with van der Waals surface area (Å²) in [5.41, 5.74) is 2.49. The minimum absolute atomic E-state index is 0.151. The number of carbonyl (C=O) groups is 2. The summed E-state index contributed by atoms with van der Waals surface area (Å²) < 4.78 is 15.7. The SMILES string of the molecule is C=CCc1ccc(OCC(=O)Nc2ccc(/C=C/C(=O)OCC)cc2)c(OC)c1. The third-order valence-corrected chi connectivity index (χ3v) is 3.86. The third kappa shape index (κ3) is 7.18. The van der Waals surface area contributed by atoms with Gasteiger partial charge in [0.05, 0.1) is 13.7 Å². The fourth-order valence-electron chi connectivity index (χ4n) is 2.50. The van der Waals surface area contributed by atoms with Crippen LogP contribution < -0.4 is 14.8 Å². The molecule has 0 saturated heterocycles. The van der Waals surface area contributed by atoms with Crippen molar-refractivity contribution in [1.82, 2.24) is 0 Å². The Balaban J connectivity index is 1.89. The molecule has 6 nitrogen and oxygen atoms in total. The molecule has 0 heterocycles. The van der Waals surface area contributed by atoms with Crippen molar-refractivity contribution in [2.45, 2.75) is 13.3 Å². The van der Waals surface area contributed by atoms with Gasteiger partial charge in [0.25, 0.3) is 5.91 Å². The zero-order valence-corrected chi connectivity index (χ0v) is 16.6. The number of benzene rings is 2. The lowest BCUT2D eigenvalue weighted by Gasteiger charge is -2.12. The second-order valence-corrected chi connectivity index (χ2v) is 6.02. The van der Waals surface area contributed by atoms with Crippen molar-refractivity contribution in [3.63, 3.8) is 0 Å². The summed E-state index contributed by atoms with van der Waals surface area (Å²) in [5.74, 6) is 0.372. The minimum atomic E-state index is -0.394. The van der Waals surface area contributed by atoms with Crippen LogP contribution in [0.25, 0.3) is 6.08 Å². The van der Waals surface area contributed by atoms with E-state index in [-0.39, 0.29) is 12.5 Å². The normalized spacial score (nSPS) is 10.4. The van der Waals surface area contributed by atoms with Crippen LogP contribution in [0.1, 0.15) is 18.1 Å². The van der Waals surface area contributed by atoms with Crippen molar-refractivity contribution in [2.24, 2.45) is 0 Å². The standard InChI is InChI=1S/C23H25NO5/c1-4-6-18-9-13-20(21(15-18)27-3)29-16-22(25)24-19-11-7-17(8-12-19)10-14-23(26)28-5-2/h4,7-15H,1,5-6,16H2,2-3H3,(H,24,25)/b14-10+. The number of methoxy groups -OCH3 is 1. The van der Waals surface area contributed by atoms with Crippen molar-refractivity contribution in [2.75, 3.05) is 25.6 Å². The van der Waals surface area contributed by atoms with E-state index >= 15 is 0 Å². The first kappa shape index (κ1) is 21.8. The van der Waals surface area contributed by atoms with Gasteiger partial charge in [-0.3, -0.25) is 4.79 Å². The number of hydrogen-bond acceptors (Lipinski definition) is 5. The Morgan fingerprint density at radius 3 is 2.52 bits per heavy atom. The lowest BCUT2D eigenvalue weighted by Crippen LogP contribution is -2.20. The Labute approximate surface area is 170 Å². The van der Waals surface area contributed by atoms with Gasteiger partial charge in [0.1, 0.15) is 0 Å².